The first kappa shape index (κ1) is 17.1. The summed E-state index contributed by atoms with van der Waals surface area (Å²) in [5.74, 6) is -0.678. The molecule has 3 N–H and O–H groups in total. The highest BCUT2D eigenvalue weighted by molar-refractivity contribution is 6.33. The van der Waals surface area contributed by atoms with Crippen molar-refractivity contribution in [2.75, 3.05) is 25.0 Å². The molecule has 0 atom stereocenters. The van der Waals surface area contributed by atoms with Crippen molar-refractivity contribution in [1.29, 1.82) is 0 Å². The van der Waals surface area contributed by atoms with Gasteiger partial charge in [-0.1, -0.05) is 11.6 Å². The van der Waals surface area contributed by atoms with Gasteiger partial charge < -0.3 is 20.4 Å². The van der Waals surface area contributed by atoms with Crippen LogP contribution in [-0.4, -0.2) is 46.4 Å². The van der Waals surface area contributed by atoms with Crippen LogP contribution in [0.25, 0.3) is 0 Å². The third-order valence-electron chi connectivity index (χ3n) is 3.38. The number of carbonyl (C=O) groups is 2. The summed E-state index contributed by atoms with van der Waals surface area (Å²) < 4.78 is 0. The molecule has 0 aliphatic heterocycles. The van der Waals surface area contributed by atoms with E-state index in [0.29, 0.717) is 12.2 Å². The minimum Gasteiger partial charge on any atom is -0.508 e. The number of halogens is 1. The molecule has 2 rings (SSSR count). The number of hydrogen-bond donors (Lipinski definition) is 3. The Hall–Kier alpha value is -2.31. The summed E-state index contributed by atoms with van der Waals surface area (Å²) in [6.07, 6.45) is 2.46. The molecule has 6 nitrogen and oxygen atoms in total. The maximum Gasteiger partial charge on any atom is 0.204 e. The van der Waals surface area contributed by atoms with Gasteiger partial charge in [-0.25, -0.2) is 0 Å². The Balaban J connectivity index is 2.21. The smallest absolute Gasteiger partial charge is 0.204 e. The summed E-state index contributed by atoms with van der Waals surface area (Å²) in [4.78, 5) is 26.1. The number of anilines is 1. The number of aromatic hydroxyl groups is 1. The summed E-state index contributed by atoms with van der Waals surface area (Å²) in [5, 5.41) is 21.4. The van der Waals surface area contributed by atoms with E-state index in [2.05, 4.69) is 5.32 Å². The van der Waals surface area contributed by atoms with Gasteiger partial charge in [-0.3, -0.25) is 9.59 Å². The quantitative estimate of drug-likeness (QED) is 0.541. The van der Waals surface area contributed by atoms with Gasteiger partial charge in [0.15, 0.2) is 0 Å². The number of aliphatic hydroxyl groups excluding tert-OH is 1. The Kier molecular flexibility index (Phi) is 5.41. The largest absolute Gasteiger partial charge is 0.508 e. The van der Waals surface area contributed by atoms with Crippen LogP contribution in [0.2, 0.25) is 5.02 Å². The summed E-state index contributed by atoms with van der Waals surface area (Å²) in [6.45, 7) is 2.51. The molecule has 23 heavy (non-hydrogen) atoms. The van der Waals surface area contributed by atoms with Crippen molar-refractivity contribution in [2.45, 2.75) is 6.92 Å². The van der Waals surface area contributed by atoms with Crippen molar-refractivity contribution >= 4 is 28.9 Å². The number of benzene rings is 1. The highest BCUT2D eigenvalue weighted by Crippen LogP contribution is 2.28. The average Bonchev–Trinajstić information content (AvgIpc) is 2.51. The van der Waals surface area contributed by atoms with Crippen LogP contribution in [0.15, 0.2) is 41.7 Å². The number of nitrogens with one attached hydrogen (secondary N) is 1. The van der Waals surface area contributed by atoms with Crippen molar-refractivity contribution in [2.24, 2.45) is 0 Å². The highest BCUT2D eigenvalue weighted by atomic mass is 35.5. The lowest BCUT2D eigenvalue weighted by molar-refractivity contribution is -0.116. The molecule has 7 heteroatoms. The second-order valence-corrected chi connectivity index (χ2v) is 5.32. The van der Waals surface area contributed by atoms with E-state index in [1.807, 2.05) is 6.92 Å². The van der Waals surface area contributed by atoms with Gasteiger partial charge in [-0.2, -0.15) is 0 Å². The van der Waals surface area contributed by atoms with Crippen molar-refractivity contribution < 1.29 is 19.8 Å². The second-order valence-electron chi connectivity index (χ2n) is 4.91. The van der Waals surface area contributed by atoms with Crippen LogP contribution in [0.1, 0.15) is 6.92 Å². The van der Waals surface area contributed by atoms with Gasteiger partial charge in [-0.15, -0.1) is 0 Å². The molecule has 0 aromatic heterocycles. The Morgan fingerprint density at radius 3 is 2.57 bits per heavy atom. The van der Waals surface area contributed by atoms with E-state index in [4.69, 9.17) is 16.7 Å². The third-order valence-corrected chi connectivity index (χ3v) is 3.69. The van der Waals surface area contributed by atoms with Gasteiger partial charge in [0.05, 0.1) is 28.7 Å². The monoisotopic (exact) mass is 336 g/mol. The molecule has 0 heterocycles. The van der Waals surface area contributed by atoms with Crippen molar-refractivity contribution in [3.8, 4) is 5.75 Å². The fraction of sp³-hybridized carbons (Fsp3) is 0.250. The third kappa shape index (κ3) is 3.91. The van der Waals surface area contributed by atoms with Gasteiger partial charge in [0.25, 0.3) is 0 Å². The lowest BCUT2D eigenvalue weighted by Crippen LogP contribution is -2.33. The molecule has 0 saturated heterocycles. The zero-order valence-electron chi connectivity index (χ0n) is 12.5. The van der Waals surface area contributed by atoms with Crippen LogP contribution in [0.3, 0.4) is 0 Å². The zero-order chi connectivity index (χ0) is 17.0. The lowest BCUT2D eigenvalue weighted by Gasteiger charge is -2.25. The molecule has 0 bridgehead atoms. The molecule has 122 valence electrons. The summed E-state index contributed by atoms with van der Waals surface area (Å²) in [7, 11) is 0. The van der Waals surface area contributed by atoms with Crippen LogP contribution in [0.5, 0.6) is 5.75 Å². The van der Waals surface area contributed by atoms with E-state index in [-0.39, 0.29) is 46.9 Å². The van der Waals surface area contributed by atoms with Crippen molar-refractivity contribution in [3.63, 3.8) is 0 Å². The predicted octanol–water partition coefficient (Wildman–Crippen LogP) is 1.69. The molecule has 1 aromatic rings. The fourth-order valence-corrected chi connectivity index (χ4v) is 2.44. The average molecular weight is 337 g/mol. The number of hydrogen-bond acceptors (Lipinski definition) is 6. The van der Waals surface area contributed by atoms with Gasteiger partial charge in [-0.05, 0) is 19.1 Å². The molecule has 0 radical (unpaired) electrons. The number of rotatable bonds is 6. The standard InChI is InChI=1S/C16H17ClN2O4/c1-2-19(5-6-20)14-9-15(22)13(8-16(14)23)18-12-4-3-10(21)7-11(12)17/h3-4,7-9,18,20-21H,2,5-6H2,1H3. The topological polar surface area (TPSA) is 89.9 Å². The molecule has 0 unspecified atom stereocenters. The van der Waals surface area contributed by atoms with Crippen molar-refractivity contribution in [1.82, 2.24) is 4.90 Å². The Labute approximate surface area is 138 Å². The molecule has 1 aromatic carbocycles. The van der Waals surface area contributed by atoms with Gasteiger partial charge >= 0.3 is 0 Å². The van der Waals surface area contributed by atoms with E-state index in [9.17, 15) is 14.7 Å². The minimum atomic E-state index is -0.361. The first-order valence-corrected chi connectivity index (χ1v) is 7.47. The zero-order valence-corrected chi connectivity index (χ0v) is 13.3. The first-order chi connectivity index (χ1) is 11.0. The van der Waals surface area contributed by atoms with Gasteiger partial charge in [0.1, 0.15) is 5.75 Å². The van der Waals surface area contributed by atoms with E-state index in [1.165, 1.54) is 30.4 Å². The van der Waals surface area contributed by atoms with Crippen molar-refractivity contribution in [3.05, 3.63) is 46.8 Å². The minimum absolute atomic E-state index is 0.00495. The number of nitrogens with zero attached hydrogens (tertiary/aromatic N) is 1. The molecule has 0 fully saturated rings. The number of ketones is 2. The van der Waals surface area contributed by atoms with E-state index >= 15 is 0 Å². The maximum absolute atomic E-state index is 12.2. The van der Waals surface area contributed by atoms with E-state index < -0.39 is 0 Å². The molecular formula is C16H17ClN2O4. The normalized spacial score (nSPS) is 14.4. The number of carbonyl (C=O) groups excluding carboxylic acids is 2. The summed E-state index contributed by atoms with van der Waals surface area (Å²) >= 11 is 5.98. The molecule has 0 spiro atoms. The van der Waals surface area contributed by atoms with Crippen LogP contribution in [0, 0.1) is 0 Å². The number of phenolic OH excluding ortho intramolecular Hbond substituents is 1. The Morgan fingerprint density at radius 1 is 1.22 bits per heavy atom. The SMILES string of the molecule is CCN(CCO)C1=CC(=O)C(Nc2ccc(O)cc2Cl)=CC1=O. The summed E-state index contributed by atoms with van der Waals surface area (Å²) in [5.41, 5.74) is 0.775. The van der Waals surface area contributed by atoms with E-state index in [1.54, 1.807) is 4.90 Å². The number of likely N-dealkylation sites (N-methyl/N-ethyl adjacent to an activating group) is 1. The predicted molar refractivity (Wildman–Crippen MR) is 87.3 cm³/mol. The maximum atomic E-state index is 12.2. The molecule has 0 saturated carbocycles. The van der Waals surface area contributed by atoms with Crippen LogP contribution >= 0.6 is 11.6 Å². The molecular weight excluding hydrogens is 320 g/mol. The van der Waals surface area contributed by atoms with Crippen LogP contribution in [0.4, 0.5) is 5.69 Å². The second kappa shape index (κ2) is 7.30. The van der Waals surface area contributed by atoms with Gasteiger partial charge in [0, 0.05) is 31.3 Å². The molecule has 1 aliphatic carbocycles. The fourth-order valence-electron chi connectivity index (χ4n) is 2.21. The Bertz CT molecular complexity index is 697. The first-order valence-electron chi connectivity index (χ1n) is 7.09. The van der Waals surface area contributed by atoms with E-state index in [0.717, 1.165) is 0 Å². The number of aliphatic hydroxyl groups is 1. The number of phenols is 1. The lowest BCUT2D eigenvalue weighted by atomic mass is 10.0. The van der Waals surface area contributed by atoms with Crippen LogP contribution < -0.4 is 5.32 Å². The molecule has 1 aliphatic rings. The van der Waals surface area contributed by atoms with Crippen LogP contribution in [-0.2, 0) is 9.59 Å². The highest BCUT2D eigenvalue weighted by Gasteiger charge is 2.24. The Morgan fingerprint density at radius 2 is 1.96 bits per heavy atom. The summed E-state index contributed by atoms with van der Waals surface area (Å²) in [6, 6.07) is 4.27. The number of allylic oxidation sites excluding steroid dienone is 2. The van der Waals surface area contributed by atoms with Gasteiger partial charge in [0.2, 0.25) is 11.6 Å². The molecule has 0 amide bonds.